The molecule has 0 aliphatic rings. The minimum absolute atomic E-state index is 0.141. The van der Waals surface area contributed by atoms with Crippen LogP contribution in [0.3, 0.4) is 0 Å². The zero-order valence-corrected chi connectivity index (χ0v) is 5.37. The molecular weight excluding hydrogens is 130 g/mol. The molecule has 3 nitrogen and oxygen atoms in total. The van der Waals surface area contributed by atoms with Gasteiger partial charge in [-0.05, 0) is 5.16 Å². The predicted molar refractivity (Wildman–Crippen MR) is 37.4 cm³/mol. The maximum atomic E-state index is 8.72. The fraction of sp³-hybridized carbons (Fsp3) is 0. The van der Waals surface area contributed by atoms with Gasteiger partial charge >= 0.3 is 0 Å². The van der Waals surface area contributed by atoms with Crippen molar-refractivity contribution in [3.05, 3.63) is 31.1 Å². The summed E-state index contributed by atoms with van der Waals surface area (Å²) in [5.41, 5.74) is 0.604. The van der Waals surface area contributed by atoms with Crippen molar-refractivity contribution >= 4 is 5.57 Å². The van der Waals surface area contributed by atoms with Crippen LogP contribution in [0.4, 0.5) is 0 Å². The van der Waals surface area contributed by atoms with Crippen molar-refractivity contribution in [2.24, 2.45) is 0 Å². The smallest absolute Gasteiger partial charge is 0.252 e. The molecule has 0 amide bonds. The Bertz CT molecular complexity index is 262. The van der Waals surface area contributed by atoms with Gasteiger partial charge in [0, 0.05) is 11.6 Å². The number of aromatic nitrogens is 1. The average molecular weight is 137 g/mol. The summed E-state index contributed by atoms with van der Waals surface area (Å²) >= 11 is 0. The summed E-state index contributed by atoms with van der Waals surface area (Å²) in [6.07, 6.45) is 1.53. The Morgan fingerprint density at radius 2 is 2.50 bits per heavy atom. The highest BCUT2D eigenvalue weighted by Crippen LogP contribution is 2.16. The van der Waals surface area contributed by atoms with Crippen LogP contribution in [0.5, 0.6) is 5.88 Å². The Labute approximate surface area is 58.3 Å². The summed E-state index contributed by atoms with van der Waals surface area (Å²) in [5, 5.41) is 12.0. The van der Waals surface area contributed by atoms with Crippen LogP contribution in [0.25, 0.3) is 5.57 Å². The summed E-state index contributed by atoms with van der Waals surface area (Å²) in [6, 6.07) is 1.38. The molecule has 3 heteroatoms. The highest BCUT2D eigenvalue weighted by Gasteiger charge is 2.01. The van der Waals surface area contributed by atoms with Crippen LogP contribution in [0.2, 0.25) is 0 Å². The maximum absolute atomic E-state index is 8.72. The molecule has 0 bridgehead atoms. The Morgan fingerprint density at radius 3 is 2.90 bits per heavy atom. The molecule has 1 rings (SSSR count). The first-order chi connectivity index (χ1) is 4.74. The first kappa shape index (κ1) is 6.61. The fourth-order valence-electron chi connectivity index (χ4n) is 0.518. The highest BCUT2D eigenvalue weighted by molar-refractivity contribution is 5.67. The van der Waals surface area contributed by atoms with Crippen LogP contribution < -0.4 is 0 Å². The molecule has 0 aromatic carbocycles. The Kier molecular flexibility index (Phi) is 1.58. The van der Waals surface area contributed by atoms with E-state index in [1.165, 1.54) is 12.1 Å². The van der Waals surface area contributed by atoms with Gasteiger partial charge in [0.15, 0.2) is 5.76 Å². The van der Waals surface area contributed by atoms with Gasteiger partial charge in [0.25, 0.3) is 5.88 Å². The summed E-state index contributed by atoms with van der Waals surface area (Å²) in [7, 11) is 0. The molecule has 52 valence electrons. The monoisotopic (exact) mass is 137 g/mol. The van der Waals surface area contributed by atoms with E-state index in [-0.39, 0.29) is 5.88 Å². The second kappa shape index (κ2) is 2.39. The lowest BCUT2D eigenvalue weighted by Gasteiger charge is -1.86. The van der Waals surface area contributed by atoms with Crippen LogP contribution >= 0.6 is 0 Å². The molecule has 0 spiro atoms. The molecular formula is C7H7NO2. The van der Waals surface area contributed by atoms with Crippen LogP contribution in [0.1, 0.15) is 5.76 Å². The molecule has 0 saturated carbocycles. The summed E-state index contributed by atoms with van der Waals surface area (Å²) in [4.78, 5) is 0. The Morgan fingerprint density at radius 1 is 1.80 bits per heavy atom. The van der Waals surface area contributed by atoms with E-state index in [0.29, 0.717) is 11.3 Å². The normalized spacial score (nSPS) is 9.20. The third-order valence-corrected chi connectivity index (χ3v) is 1.06. The van der Waals surface area contributed by atoms with Crippen LogP contribution in [-0.2, 0) is 0 Å². The largest absolute Gasteiger partial charge is 0.491 e. The topological polar surface area (TPSA) is 46.3 Å². The quantitative estimate of drug-likeness (QED) is 0.629. The van der Waals surface area contributed by atoms with Gasteiger partial charge in [-0.2, -0.15) is 0 Å². The van der Waals surface area contributed by atoms with Crippen molar-refractivity contribution < 1.29 is 9.63 Å². The van der Waals surface area contributed by atoms with Crippen molar-refractivity contribution in [1.82, 2.24) is 5.16 Å². The zero-order valence-electron chi connectivity index (χ0n) is 5.37. The molecule has 0 unspecified atom stereocenters. The van der Waals surface area contributed by atoms with E-state index in [0.717, 1.165) is 0 Å². The predicted octanol–water partition coefficient (Wildman–Crippen LogP) is 1.58. The van der Waals surface area contributed by atoms with Crippen molar-refractivity contribution in [3.8, 4) is 5.88 Å². The summed E-state index contributed by atoms with van der Waals surface area (Å²) in [5.74, 6) is 0.297. The van der Waals surface area contributed by atoms with Gasteiger partial charge in [0.1, 0.15) is 0 Å². The van der Waals surface area contributed by atoms with E-state index >= 15 is 0 Å². The third kappa shape index (κ3) is 1.07. The van der Waals surface area contributed by atoms with Gasteiger partial charge in [-0.3, -0.25) is 0 Å². The van der Waals surface area contributed by atoms with E-state index in [9.17, 15) is 0 Å². The van der Waals surface area contributed by atoms with Gasteiger partial charge < -0.3 is 9.63 Å². The third-order valence-electron chi connectivity index (χ3n) is 1.06. The number of nitrogens with zero attached hydrogens (tertiary/aromatic N) is 1. The molecule has 0 atom stereocenters. The fourth-order valence-corrected chi connectivity index (χ4v) is 0.518. The molecule has 0 fully saturated rings. The molecule has 0 aliphatic carbocycles. The molecule has 1 aromatic heterocycles. The molecule has 10 heavy (non-hydrogen) atoms. The zero-order chi connectivity index (χ0) is 7.56. The van der Waals surface area contributed by atoms with Gasteiger partial charge in [-0.1, -0.05) is 19.2 Å². The Hall–Kier alpha value is -1.51. The second-order valence-electron chi connectivity index (χ2n) is 1.78. The van der Waals surface area contributed by atoms with Gasteiger partial charge in [0.2, 0.25) is 0 Å². The number of hydrogen-bond acceptors (Lipinski definition) is 3. The van der Waals surface area contributed by atoms with Crippen molar-refractivity contribution in [1.29, 1.82) is 0 Å². The van der Waals surface area contributed by atoms with Crippen molar-refractivity contribution in [2.45, 2.75) is 0 Å². The van der Waals surface area contributed by atoms with Crippen molar-refractivity contribution in [2.75, 3.05) is 0 Å². The molecule has 1 aromatic rings. The lowest BCUT2D eigenvalue weighted by Crippen LogP contribution is -1.69. The van der Waals surface area contributed by atoms with Gasteiger partial charge in [0.05, 0.1) is 0 Å². The van der Waals surface area contributed by atoms with Crippen LogP contribution in [-0.4, -0.2) is 10.3 Å². The van der Waals surface area contributed by atoms with Gasteiger partial charge in [-0.15, -0.1) is 0 Å². The number of hydrogen-bond donors (Lipinski definition) is 1. The Balaban J connectivity index is 2.95. The molecule has 0 radical (unpaired) electrons. The lowest BCUT2D eigenvalue weighted by molar-refractivity contribution is 0.355. The first-order valence-electron chi connectivity index (χ1n) is 2.71. The van der Waals surface area contributed by atoms with E-state index < -0.39 is 0 Å². The van der Waals surface area contributed by atoms with E-state index in [4.69, 9.17) is 5.11 Å². The second-order valence-corrected chi connectivity index (χ2v) is 1.78. The minimum atomic E-state index is -0.141. The number of rotatable bonds is 2. The maximum Gasteiger partial charge on any atom is 0.252 e. The van der Waals surface area contributed by atoms with Crippen molar-refractivity contribution in [3.63, 3.8) is 0 Å². The first-order valence-corrected chi connectivity index (χ1v) is 2.71. The number of aromatic hydroxyl groups is 1. The minimum Gasteiger partial charge on any atom is -0.491 e. The molecule has 0 saturated heterocycles. The SMILES string of the molecule is C=CC(=C)c1cc(O)no1. The average Bonchev–Trinajstić information content (AvgIpc) is 2.34. The summed E-state index contributed by atoms with van der Waals surface area (Å²) < 4.78 is 4.65. The standard InChI is InChI=1S/C7H7NO2/c1-3-5(2)6-4-7(9)8-10-6/h3-4H,1-2H2,(H,8,9). The molecule has 1 heterocycles. The van der Waals surface area contributed by atoms with Crippen LogP contribution in [0.15, 0.2) is 29.8 Å². The highest BCUT2D eigenvalue weighted by atomic mass is 16.5. The lowest BCUT2D eigenvalue weighted by atomic mass is 10.2. The van der Waals surface area contributed by atoms with E-state index in [1.54, 1.807) is 0 Å². The molecule has 1 N–H and O–H groups in total. The molecule has 0 aliphatic heterocycles. The van der Waals surface area contributed by atoms with Crippen LogP contribution in [0, 0.1) is 0 Å². The summed E-state index contributed by atoms with van der Waals surface area (Å²) in [6.45, 7) is 7.07. The van der Waals surface area contributed by atoms with Gasteiger partial charge in [-0.25, -0.2) is 0 Å². The van der Waals surface area contributed by atoms with E-state index in [1.807, 2.05) is 0 Å². The number of allylic oxidation sites excluding steroid dienone is 2. The van der Waals surface area contributed by atoms with E-state index in [2.05, 4.69) is 22.8 Å².